The highest BCUT2D eigenvalue weighted by Crippen LogP contribution is 2.30. The minimum Gasteiger partial charge on any atom is -0.399 e. The van der Waals surface area contributed by atoms with Crippen LogP contribution >= 0.6 is 15.9 Å². The Bertz CT molecular complexity index is 750. The van der Waals surface area contributed by atoms with Gasteiger partial charge in [0.2, 0.25) is 0 Å². The van der Waals surface area contributed by atoms with Gasteiger partial charge in [-0.3, -0.25) is 4.31 Å². The molecule has 0 aliphatic heterocycles. The zero-order valence-electron chi connectivity index (χ0n) is 10.5. The molecule has 0 heterocycles. The number of anilines is 2. The van der Waals surface area contributed by atoms with Crippen molar-refractivity contribution in [1.82, 2.24) is 0 Å². The van der Waals surface area contributed by atoms with E-state index in [1.165, 1.54) is 37.4 Å². The molecule has 2 rings (SSSR count). The summed E-state index contributed by atoms with van der Waals surface area (Å²) >= 11 is 3.17. The summed E-state index contributed by atoms with van der Waals surface area (Å²) in [5.41, 5.74) is 5.90. The van der Waals surface area contributed by atoms with Crippen LogP contribution in [0.2, 0.25) is 0 Å². The third-order valence-corrected chi connectivity index (χ3v) is 5.55. The molecule has 0 radical (unpaired) electrons. The number of halogens is 2. The van der Waals surface area contributed by atoms with Crippen LogP contribution in [0.5, 0.6) is 0 Å². The molecule has 0 aliphatic carbocycles. The smallest absolute Gasteiger partial charge is 0.265 e. The van der Waals surface area contributed by atoms with E-state index < -0.39 is 15.8 Å². The lowest BCUT2D eigenvalue weighted by molar-refractivity contribution is 0.589. The van der Waals surface area contributed by atoms with Gasteiger partial charge in [0.15, 0.2) is 0 Å². The number of benzene rings is 2. The summed E-state index contributed by atoms with van der Waals surface area (Å²) in [5, 5.41) is 0. The van der Waals surface area contributed by atoms with E-state index in [4.69, 9.17) is 5.73 Å². The highest BCUT2D eigenvalue weighted by atomic mass is 79.9. The molecule has 7 heteroatoms. The molecule has 0 amide bonds. The third kappa shape index (κ3) is 2.64. The average molecular weight is 359 g/mol. The predicted octanol–water partition coefficient (Wildman–Crippen LogP) is 3.00. The standard InChI is InChI=1S/C13H12BrFN2O2S/c1-17(12-5-3-2-4-11(12)15)20(18,19)13-8-9(16)6-7-10(13)14/h2-8H,16H2,1H3. The van der Waals surface area contributed by atoms with Gasteiger partial charge in [-0.1, -0.05) is 12.1 Å². The van der Waals surface area contributed by atoms with E-state index in [1.807, 2.05) is 0 Å². The minimum absolute atomic E-state index is 0.0109. The molecule has 2 aromatic carbocycles. The SMILES string of the molecule is CN(c1ccccc1F)S(=O)(=O)c1cc(N)ccc1Br. The van der Waals surface area contributed by atoms with Crippen LogP contribution in [0.4, 0.5) is 15.8 Å². The molecule has 2 N–H and O–H groups in total. The fourth-order valence-electron chi connectivity index (χ4n) is 1.70. The van der Waals surface area contributed by atoms with Crippen molar-refractivity contribution < 1.29 is 12.8 Å². The van der Waals surface area contributed by atoms with E-state index in [2.05, 4.69) is 15.9 Å². The van der Waals surface area contributed by atoms with E-state index in [9.17, 15) is 12.8 Å². The largest absolute Gasteiger partial charge is 0.399 e. The normalized spacial score (nSPS) is 11.3. The van der Waals surface area contributed by atoms with Crippen molar-refractivity contribution in [1.29, 1.82) is 0 Å². The molecule has 2 aromatic rings. The lowest BCUT2D eigenvalue weighted by Crippen LogP contribution is -2.27. The molecule has 0 fully saturated rings. The average Bonchev–Trinajstić information content (AvgIpc) is 2.41. The van der Waals surface area contributed by atoms with Crippen molar-refractivity contribution in [2.24, 2.45) is 0 Å². The van der Waals surface area contributed by atoms with Gasteiger partial charge in [0.1, 0.15) is 10.7 Å². The summed E-state index contributed by atoms with van der Waals surface area (Å²) in [6.45, 7) is 0. The molecule has 0 spiro atoms. The molecule has 0 aliphatic rings. The molecule has 106 valence electrons. The molecule has 4 nitrogen and oxygen atoms in total. The topological polar surface area (TPSA) is 63.4 Å². The Morgan fingerprint density at radius 1 is 1.20 bits per heavy atom. The first-order chi connectivity index (χ1) is 9.34. The molecule has 20 heavy (non-hydrogen) atoms. The number of hydrogen-bond acceptors (Lipinski definition) is 3. The van der Waals surface area contributed by atoms with Crippen molar-refractivity contribution in [2.45, 2.75) is 4.90 Å². The Morgan fingerprint density at radius 3 is 2.50 bits per heavy atom. The van der Waals surface area contributed by atoms with Crippen LogP contribution in [0.1, 0.15) is 0 Å². The van der Waals surface area contributed by atoms with Crippen LogP contribution in [-0.2, 0) is 10.0 Å². The van der Waals surface area contributed by atoms with Crippen LogP contribution in [0, 0.1) is 5.82 Å². The molecule has 0 bridgehead atoms. The predicted molar refractivity (Wildman–Crippen MR) is 80.5 cm³/mol. The Hall–Kier alpha value is -1.60. The summed E-state index contributed by atoms with van der Waals surface area (Å²) < 4.78 is 40.0. The van der Waals surface area contributed by atoms with Crippen LogP contribution in [-0.4, -0.2) is 15.5 Å². The van der Waals surface area contributed by atoms with E-state index in [-0.39, 0.29) is 10.6 Å². The van der Waals surface area contributed by atoms with Crippen LogP contribution in [0.3, 0.4) is 0 Å². The number of para-hydroxylation sites is 1. The van der Waals surface area contributed by atoms with Crippen LogP contribution in [0.15, 0.2) is 51.8 Å². The Balaban J connectivity index is 2.56. The van der Waals surface area contributed by atoms with Gasteiger partial charge in [-0.25, -0.2) is 12.8 Å². The van der Waals surface area contributed by atoms with Crippen molar-refractivity contribution in [3.05, 3.63) is 52.8 Å². The van der Waals surface area contributed by atoms with Gasteiger partial charge in [0, 0.05) is 17.2 Å². The van der Waals surface area contributed by atoms with Crippen LogP contribution < -0.4 is 10.0 Å². The van der Waals surface area contributed by atoms with Gasteiger partial charge in [0.25, 0.3) is 10.0 Å². The number of nitrogens with zero attached hydrogens (tertiary/aromatic N) is 1. The number of rotatable bonds is 3. The highest BCUT2D eigenvalue weighted by Gasteiger charge is 2.25. The van der Waals surface area contributed by atoms with Crippen LogP contribution in [0.25, 0.3) is 0 Å². The molecule has 0 atom stereocenters. The van der Waals surface area contributed by atoms with Gasteiger partial charge < -0.3 is 5.73 Å². The monoisotopic (exact) mass is 358 g/mol. The molecule has 0 saturated carbocycles. The summed E-state index contributed by atoms with van der Waals surface area (Å²) in [7, 11) is -2.61. The number of hydrogen-bond donors (Lipinski definition) is 1. The maximum absolute atomic E-state index is 13.7. The van der Waals surface area contributed by atoms with Crippen molar-refractivity contribution in [2.75, 3.05) is 17.1 Å². The van der Waals surface area contributed by atoms with E-state index in [1.54, 1.807) is 12.1 Å². The lowest BCUT2D eigenvalue weighted by atomic mass is 10.3. The van der Waals surface area contributed by atoms with Gasteiger partial charge >= 0.3 is 0 Å². The summed E-state index contributed by atoms with van der Waals surface area (Å²) in [6, 6.07) is 10.1. The minimum atomic E-state index is -3.90. The molecule has 0 unspecified atom stereocenters. The molecule has 0 saturated heterocycles. The van der Waals surface area contributed by atoms with Crippen molar-refractivity contribution in [3.63, 3.8) is 0 Å². The summed E-state index contributed by atoms with van der Waals surface area (Å²) in [5.74, 6) is -0.612. The van der Waals surface area contributed by atoms with E-state index in [0.717, 1.165) is 4.31 Å². The first kappa shape index (κ1) is 14.8. The molecule has 0 aromatic heterocycles. The van der Waals surface area contributed by atoms with Crippen molar-refractivity contribution >= 4 is 37.3 Å². The fraction of sp³-hybridized carbons (Fsp3) is 0.0769. The first-order valence-electron chi connectivity index (χ1n) is 5.62. The molecular formula is C13H12BrFN2O2S. The lowest BCUT2D eigenvalue weighted by Gasteiger charge is -2.20. The van der Waals surface area contributed by atoms with Gasteiger partial charge in [0.05, 0.1) is 5.69 Å². The Morgan fingerprint density at radius 2 is 1.85 bits per heavy atom. The second kappa shape index (κ2) is 5.41. The quantitative estimate of drug-likeness (QED) is 0.857. The fourth-order valence-corrected chi connectivity index (χ4v) is 3.86. The Kier molecular flexibility index (Phi) is 4.01. The van der Waals surface area contributed by atoms with Gasteiger partial charge in [-0.2, -0.15) is 0 Å². The van der Waals surface area contributed by atoms with E-state index in [0.29, 0.717) is 10.2 Å². The second-order valence-corrected chi connectivity index (χ2v) is 6.91. The third-order valence-electron chi connectivity index (χ3n) is 2.79. The Labute approximate surface area is 125 Å². The summed E-state index contributed by atoms with van der Waals surface area (Å²) in [6.07, 6.45) is 0. The first-order valence-corrected chi connectivity index (χ1v) is 7.86. The van der Waals surface area contributed by atoms with Crippen molar-refractivity contribution in [3.8, 4) is 0 Å². The zero-order valence-corrected chi connectivity index (χ0v) is 12.9. The zero-order chi connectivity index (χ0) is 14.9. The summed E-state index contributed by atoms with van der Waals surface area (Å²) in [4.78, 5) is -0.0109. The number of sulfonamides is 1. The number of nitrogens with two attached hydrogens (primary N) is 1. The maximum Gasteiger partial charge on any atom is 0.265 e. The number of nitrogen functional groups attached to an aromatic ring is 1. The van der Waals surface area contributed by atoms with E-state index >= 15 is 0 Å². The maximum atomic E-state index is 13.7. The van der Waals surface area contributed by atoms with Gasteiger partial charge in [-0.15, -0.1) is 0 Å². The van der Waals surface area contributed by atoms with Gasteiger partial charge in [-0.05, 0) is 46.3 Å². The molecular weight excluding hydrogens is 347 g/mol. The highest BCUT2D eigenvalue weighted by molar-refractivity contribution is 9.10. The second-order valence-electron chi connectivity index (χ2n) is 4.11.